The van der Waals surface area contributed by atoms with E-state index in [1.165, 1.54) is 11.3 Å². The number of Topliss-reactive ketones (excluding diaryl/α,β-unsaturated/α-hetero) is 1. The molecule has 0 aliphatic heterocycles. The molecule has 1 unspecified atom stereocenters. The molecule has 0 aliphatic rings. The Hall–Kier alpha value is -1.45. The summed E-state index contributed by atoms with van der Waals surface area (Å²) in [5.41, 5.74) is 1.09. The van der Waals surface area contributed by atoms with Gasteiger partial charge in [0.15, 0.2) is 5.78 Å². The molecule has 2 rings (SSSR count). The van der Waals surface area contributed by atoms with Crippen LogP contribution in [-0.2, 0) is 4.74 Å². The van der Waals surface area contributed by atoms with Crippen LogP contribution in [0.1, 0.15) is 33.1 Å². The SMILES string of the molecule is Cc1ccc(C(=O)COC(C)c2ccccc2)s1. The first-order chi connectivity index (χ1) is 8.66. The lowest BCUT2D eigenvalue weighted by atomic mass is 10.1. The van der Waals surface area contributed by atoms with Gasteiger partial charge in [-0.05, 0) is 31.5 Å². The maximum atomic E-state index is 11.9. The molecule has 1 atom stereocenters. The van der Waals surface area contributed by atoms with Crippen molar-refractivity contribution in [2.45, 2.75) is 20.0 Å². The first-order valence-electron chi connectivity index (χ1n) is 5.93. The van der Waals surface area contributed by atoms with Crippen LogP contribution in [0, 0.1) is 6.92 Å². The fourth-order valence-corrected chi connectivity index (χ4v) is 2.47. The normalized spacial score (nSPS) is 12.3. The lowest BCUT2D eigenvalue weighted by Gasteiger charge is -2.12. The number of benzene rings is 1. The summed E-state index contributed by atoms with van der Waals surface area (Å²) in [7, 11) is 0. The van der Waals surface area contributed by atoms with Crippen molar-refractivity contribution in [3.63, 3.8) is 0 Å². The quantitative estimate of drug-likeness (QED) is 0.759. The Kier molecular flexibility index (Phi) is 4.28. The minimum absolute atomic E-state index is 0.0517. The van der Waals surface area contributed by atoms with Crippen LogP contribution < -0.4 is 0 Å². The Morgan fingerprint density at radius 3 is 2.56 bits per heavy atom. The summed E-state index contributed by atoms with van der Waals surface area (Å²) < 4.78 is 5.61. The van der Waals surface area contributed by atoms with Gasteiger partial charge in [0.05, 0.1) is 11.0 Å². The van der Waals surface area contributed by atoms with E-state index in [1.54, 1.807) is 0 Å². The number of hydrogen-bond donors (Lipinski definition) is 0. The van der Waals surface area contributed by atoms with Gasteiger partial charge >= 0.3 is 0 Å². The lowest BCUT2D eigenvalue weighted by molar-refractivity contribution is 0.0524. The number of carbonyl (C=O) groups is 1. The smallest absolute Gasteiger partial charge is 0.198 e. The average molecular weight is 260 g/mol. The summed E-state index contributed by atoms with van der Waals surface area (Å²) in [6.07, 6.45) is -0.0591. The molecule has 3 heteroatoms. The van der Waals surface area contributed by atoms with Crippen molar-refractivity contribution in [3.8, 4) is 0 Å². The van der Waals surface area contributed by atoms with Crippen LogP contribution in [0.3, 0.4) is 0 Å². The topological polar surface area (TPSA) is 26.3 Å². The molecular formula is C15H16O2S. The van der Waals surface area contributed by atoms with Crippen LogP contribution in [0.25, 0.3) is 0 Å². The number of ketones is 1. The Morgan fingerprint density at radius 1 is 1.22 bits per heavy atom. The summed E-state index contributed by atoms with van der Waals surface area (Å²) >= 11 is 1.51. The molecule has 0 saturated heterocycles. The van der Waals surface area contributed by atoms with E-state index < -0.39 is 0 Å². The summed E-state index contributed by atoms with van der Waals surface area (Å²) in [5, 5.41) is 0. The minimum atomic E-state index is -0.0591. The van der Waals surface area contributed by atoms with Gasteiger partial charge in [-0.1, -0.05) is 30.3 Å². The summed E-state index contributed by atoms with van der Waals surface area (Å²) in [6, 6.07) is 13.7. The first-order valence-corrected chi connectivity index (χ1v) is 6.74. The average Bonchev–Trinajstić information content (AvgIpc) is 2.83. The third-order valence-electron chi connectivity index (χ3n) is 2.75. The molecule has 1 aromatic carbocycles. The van der Waals surface area contributed by atoms with Crippen LogP contribution in [0.4, 0.5) is 0 Å². The fourth-order valence-electron chi connectivity index (χ4n) is 1.68. The molecule has 2 aromatic rings. The lowest BCUT2D eigenvalue weighted by Crippen LogP contribution is -2.10. The van der Waals surface area contributed by atoms with E-state index in [0.717, 1.165) is 15.3 Å². The number of aryl methyl sites for hydroxylation is 1. The van der Waals surface area contributed by atoms with Crippen LogP contribution in [0.2, 0.25) is 0 Å². The number of carbonyl (C=O) groups excluding carboxylic acids is 1. The minimum Gasteiger partial charge on any atom is -0.366 e. The molecule has 1 heterocycles. The van der Waals surface area contributed by atoms with Crippen LogP contribution in [-0.4, -0.2) is 12.4 Å². The predicted octanol–water partition coefficient (Wildman–Crippen LogP) is 4.02. The van der Waals surface area contributed by atoms with Gasteiger partial charge in [-0.25, -0.2) is 0 Å². The van der Waals surface area contributed by atoms with Gasteiger partial charge < -0.3 is 4.74 Å². The van der Waals surface area contributed by atoms with Crippen LogP contribution >= 0.6 is 11.3 Å². The summed E-state index contributed by atoms with van der Waals surface area (Å²) in [4.78, 5) is 13.8. The molecule has 18 heavy (non-hydrogen) atoms. The van der Waals surface area contributed by atoms with Crippen molar-refractivity contribution < 1.29 is 9.53 Å². The maximum Gasteiger partial charge on any atom is 0.198 e. The summed E-state index contributed by atoms with van der Waals surface area (Å²) in [6.45, 7) is 4.09. The van der Waals surface area contributed by atoms with Gasteiger partial charge in [-0.15, -0.1) is 11.3 Å². The molecule has 0 aliphatic carbocycles. The van der Waals surface area contributed by atoms with E-state index in [0.29, 0.717) is 0 Å². The number of thiophene rings is 1. The first kappa shape index (κ1) is 13.0. The second-order valence-corrected chi connectivity index (χ2v) is 5.49. The van der Waals surface area contributed by atoms with Crippen LogP contribution in [0.15, 0.2) is 42.5 Å². The van der Waals surface area contributed by atoms with Crippen molar-refractivity contribution in [3.05, 3.63) is 57.8 Å². The Labute approximate surface area is 111 Å². The van der Waals surface area contributed by atoms with E-state index >= 15 is 0 Å². The standard InChI is InChI=1S/C15H16O2S/c1-11-8-9-15(18-11)14(16)10-17-12(2)13-6-4-3-5-7-13/h3-9,12H,10H2,1-2H3. The van der Waals surface area contributed by atoms with Crippen molar-refractivity contribution in [2.24, 2.45) is 0 Å². The molecular weight excluding hydrogens is 244 g/mol. The van der Waals surface area contributed by atoms with Gasteiger partial charge in [-0.2, -0.15) is 0 Å². The zero-order valence-corrected chi connectivity index (χ0v) is 11.4. The highest BCUT2D eigenvalue weighted by Crippen LogP contribution is 2.19. The molecule has 0 fully saturated rings. The Morgan fingerprint density at radius 2 is 1.94 bits per heavy atom. The zero-order chi connectivity index (χ0) is 13.0. The van der Waals surface area contributed by atoms with Gasteiger partial charge in [-0.3, -0.25) is 4.79 Å². The maximum absolute atomic E-state index is 11.9. The molecule has 0 radical (unpaired) electrons. The zero-order valence-electron chi connectivity index (χ0n) is 10.6. The molecule has 0 N–H and O–H groups in total. The van der Waals surface area contributed by atoms with Crippen molar-refractivity contribution in [2.75, 3.05) is 6.61 Å². The van der Waals surface area contributed by atoms with Gasteiger partial charge in [0.2, 0.25) is 0 Å². The third kappa shape index (κ3) is 3.28. The van der Waals surface area contributed by atoms with E-state index in [9.17, 15) is 4.79 Å². The molecule has 2 nitrogen and oxygen atoms in total. The highest BCUT2D eigenvalue weighted by Gasteiger charge is 2.11. The summed E-state index contributed by atoms with van der Waals surface area (Å²) in [5.74, 6) is 0.0517. The fraction of sp³-hybridized carbons (Fsp3) is 0.267. The van der Waals surface area contributed by atoms with Crippen molar-refractivity contribution in [1.29, 1.82) is 0 Å². The highest BCUT2D eigenvalue weighted by molar-refractivity contribution is 7.14. The van der Waals surface area contributed by atoms with E-state index in [1.807, 2.05) is 56.3 Å². The van der Waals surface area contributed by atoms with Gasteiger partial charge in [0, 0.05) is 4.88 Å². The molecule has 94 valence electrons. The Balaban J connectivity index is 1.90. The second-order valence-electron chi connectivity index (χ2n) is 4.20. The van der Waals surface area contributed by atoms with Crippen LogP contribution in [0.5, 0.6) is 0 Å². The molecule has 0 saturated carbocycles. The number of ether oxygens (including phenoxy) is 1. The number of rotatable bonds is 5. The molecule has 0 spiro atoms. The monoisotopic (exact) mass is 260 g/mol. The predicted molar refractivity (Wildman–Crippen MR) is 74.2 cm³/mol. The van der Waals surface area contributed by atoms with Crippen molar-refractivity contribution in [1.82, 2.24) is 0 Å². The van der Waals surface area contributed by atoms with E-state index in [-0.39, 0.29) is 18.5 Å². The van der Waals surface area contributed by atoms with E-state index in [2.05, 4.69) is 0 Å². The Bertz CT molecular complexity index is 516. The third-order valence-corrected chi connectivity index (χ3v) is 3.79. The van der Waals surface area contributed by atoms with Gasteiger partial charge in [0.1, 0.15) is 6.61 Å². The van der Waals surface area contributed by atoms with E-state index in [4.69, 9.17) is 4.74 Å². The number of hydrogen-bond acceptors (Lipinski definition) is 3. The van der Waals surface area contributed by atoms with Crippen molar-refractivity contribution >= 4 is 17.1 Å². The molecule has 1 aromatic heterocycles. The van der Waals surface area contributed by atoms with Gasteiger partial charge in [0.25, 0.3) is 0 Å². The molecule has 0 amide bonds. The largest absolute Gasteiger partial charge is 0.366 e. The second kappa shape index (κ2) is 5.94. The highest BCUT2D eigenvalue weighted by atomic mass is 32.1. The molecule has 0 bridgehead atoms.